The number of aromatic carboxylic acids is 1. The number of aromatic nitrogens is 1. The van der Waals surface area contributed by atoms with Crippen LogP contribution in [0.4, 0.5) is 0 Å². The Bertz CT molecular complexity index is 602. The van der Waals surface area contributed by atoms with Crippen molar-refractivity contribution in [1.29, 1.82) is 0 Å². The highest BCUT2D eigenvalue weighted by atomic mass is 16.4. The Morgan fingerprint density at radius 1 is 1.25 bits per heavy atom. The van der Waals surface area contributed by atoms with Gasteiger partial charge < -0.3 is 9.52 Å². The van der Waals surface area contributed by atoms with Crippen LogP contribution in [0.1, 0.15) is 46.6 Å². The largest absolute Gasteiger partial charge is 0.475 e. The minimum absolute atomic E-state index is 0.00775. The van der Waals surface area contributed by atoms with E-state index in [4.69, 9.17) is 9.52 Å². The van der Waals surface area contributed by atoms with E-state index in [1.54, 1.807) is 0 Å². The SMILES string of the molecule is CCCc1nc(CCc2ccccc2C)oc1C(=O)O. The van der Waals surface area contributed by atoms with Crippen molar-refractivity contribution in [1.82, 2.24) is 4.98 Å². The molecule has 1 aromatic carbocycles. The third-order valence-electron chi connectivity index (χ3n) is 3.29. The summed E-state index contributed by atoms with van der Waals surface area (Å²) in [6.45, 7) is 4.06. The van der Waals surface area contributed by atoms with Gasteiger partial charge in [0.2, 0.25) is 5.76 Å². The number of oxazole rings is 1. The fourth-order valence-electron chi connectivity index (χ4n) is 2.21. The summed E-state index contributed by atoms with van der Waals surface area (Å²) in [6, 6.07) is 8.15. The van der Waals surface area contributed by atoms with Crippen LogP contribution in [0.2, 0.25) is 0 Å². The summed E-state index contributed by atoms with van der Waals surface area (Å²) in [4.78, 5) is 15.4. The predicted octanol–water partition coefficient (Wildman–Crippen LogP) is 3.42. The van der Waals surface area contributed by atoms with Crippen LogP contribution in [-0.2, 0) is 19.3 Å². The van der Waals surface area contributed by atoms with Crippen LogP contribution in [-0.4, -0.2) is 16.1 Å². The van der Waals surface area contributed by atoms with Crippen molar-refractivity contribution in [3.8, 4) is 0 Å². The lowest BCUT2D eigenvalue weighted by atomic mass is 10.0. The molecular weight excluding hydrogens is 254 g/mol. The van der Waals surface area contributed by atoms with Gasteiger partial charge in [0, 0.05) is 6.42 Å². The zero-order chi connectivity index (χ0) is 14.5. The third-order valence-corrected chi connectivity index (χ3v) is 3.29. The fraction of sp³-hybridized carbons (Fsp3) is 0.375. The Labute approximate surface area is 118 Å². The summed E-state index contributed by atoms with van der Waals surface area (Å²) < 4.78 is 5.38. The van der Waals surface area contributed by atoms with E-state index >= 15 is 0 Å². The maximum atomic E-state index is 11.1. The number of benzene rings is 1. The predicted molar refractivity (Wildman–Crippen MR) is 76.0 cm³/mol. The number of carbonyl (C=O) groups is 1. The quantitative estimate of drug-likeness (QED) is 0.876. The van der Waals surface area contributed by atoms with Gasteiger partial charge in [-0.15, -0.1) is 0 Å². The van der Waals surface area contributed by atoms with Crippen molar-refractivity contribution in [3.63, 3.8) is 0 Å². The number of carboxylic acids is 1. The second-order valence-corrected chi connectivity index (χ2v) is 4.87. The first-order valence-electron chi connectivity index (χ1n) is 6.88. The zero-order valence-corrected chi connectivity index (χ0v) is 11.8. The van der Waals surface area contributed by atoms with Crippen LogP contribution < -0.4 is 0 Å². The molecule has 0 amide bonds. The standard InChI is InChI=1S/C16H19NO3/c1-3-6-13-15(16(18)19)20-14(17-13)10-9-12-8-5-4-7-11(12)2/h4-5,7-8H,3,6,9-10H2,1-2H3,(H,18,19). The van der Waals surface area contributed by atoms with Crippen LogP contribution in [0, 0.1) is 6.92 Å². The van der Waals surface area contributed by atoms with Gasteiger partial charge in [-0.05, 0) is 30.9 Å². The molecule has 2 rings (SSSR count). The average molecular weight is 273 g/mol. The molecule has 2 aromatic rings. The topological polar surface area (TPSA) is 63.3 Å². The molecule has 0 spiro atoms. The summed E-state index contributed by atoms with van der Waals surface area (Å²) in [7, 11) is 0. The maximum Gasteiger partial charge on any atom is 0.373 e. The van der Waals surface area contributed by atoms with E-state index in [2.05, 4.69) is 24.0 Å². The molecule has 0 fully saturated rings. The molecule has 0 aliphatic heterocycles. The summed E-state index contributed by atoms with van der Waals surface area (Å²) in [5.74, 6) is -0.538. The van der Waals surface area contributed by atoms with E-state index in [0.717, 1.165) is 12.8 Å². The lowest BCUT2D eigenvalue weighted by Crippen LogP contribution is -1.99. The average Bonchev–Trinajstić information content (AvgIpc) is 2.82. The normalized spacial score (nSPS) is 10.7. The Balaban J connectivity index is 2.12. The van der Waals surface area contributed by atoms with Crippen molar-refractivity contribution < 1.29 is 14.3 Å². The van der Waals surface area contributed by atoms with Gasteiger partial charge in [0.15, 0.2) is 5.89 Å². The monoisotopic (exact) mass is 273 g/mol. The molecule has 0 unspecified atom stereocenters. The Hall–Kier alpha value is -2.10. The molecule has 1 heterocycles. The van der Waals surface area contributed by atoms with Gasteiger partial charge >= 0.3 is 5.97 Å². The van der Waals surface area contributed by atoms with Crippen LogP contribution in [0.3, 0.4) is 0 Å². The maximum absolute atomic E-state index is 11.1. The van der Waals surface area contributed by atoms with Crippen LogP contribution in [0.15, 0.2) is 28.7 Å². The van der Waals surface area contributed by atoms with E-state index in [9.17, 15) is 4.79 Å². The number of aryl methyl sites for hydroxylation is 4. The van der Waals surface area contributed by atoms with Gasteiger partial charge in [-0.3, -0.25) is 0 Å². The van der Waals surface area contributed by atoms with Crippen LogP contribution in [0.25, 0.3) is 0 Å². The van der Waals surface area contributed by atoms with E-state index < -0.39 is 5.97 Å². The fourth-order valence-corrected chi connectivity index (χ4v) is 2.21. The number of carboxylic acid groups (broad SMARTS) is 1. The van der Waals surface area contributed by atoms with Gasteiger partial charge in [0.05, 0.1) is 5.69 Å². The Kier molecular flexibility index (Phi) is 4.56. The van der Waals surface area contributed by atoms with E-state index in [1.807, 2.05) is 19.1 Å². The lowest BCUT2D eigenvalue weighted by molar-refractivity contribution is 0.0658. The molecule has 1 aromatic heterocycles. The van der Waals surface area contributed by atoms with Crippen LogP contribution >= 0.6 is 0 Å². The Morgan fingerprint density at radius 3 is 2.65 bits per heavy atom. The minimum atomic E-state index is -1.04. The molecule has 0 atom stereocenters. The molecule has 1 N–H and O–H groups in total. The smallest absolute Gasteiger partial charge is 0.373 e. The van der Waals surface area contributed by atoms with Crippen molar-refractivity contribution in [2.45, 2.75) is 39.5 Å². The number of nitrogens with zero attached hydrogens (tertiary/aromatic N) is 1. The molecule has 0 aliphatic rings. The van der Waals surface area contributed by atoms with Crippen molar-refractivity contribution in [2.75, 3.05) is 0 Å². The van der Waals surface area contributed by atoms with Gasteiger partial charge in [-0.25, -0.2) is 9.78 Å². The van der Waals surface area contributed by atoms with E-state index in [0.29, 0.717) is 24.4 Å². The molecule has 0 bridgehead atoms. The third kappa shape index (κ3) is 3.26. The molecule has 0 radical (unpaired) electrons. The summed E-state index contributed by atoms with van der Waals surface area (Å²) in [5, 5.41) is 9.10. The van der Waals surface area contributed by atoms with Crippen molar-refractivity contribution >= 4 is 5.97 Å². The summed E-state index contributed by atoms with van der Waals surface area (Å²) in [6.07, 6.45) is 2.91. The lowest BCUT2D eigenvalue weighted by Gasteiger charge is -2.02. The second-order valence-electron chi connectivity index (χ2n) is 4.87. The van der Waals surface area contributed by atoms with Crippen molar-refractivity contribution in [2.24, 2.45) is 0 Å². The van der Waals surface area contributed by atoms with Gasteiger partial charge in [-0.1, -0.05) is 37.6 Å². The first-order valence-corrected chi connectivity index (χ1v) is 6.88. The molecule has 106 valence electrons. The summed E-state index contributed by atoms with van der Waals surface area (Å²) in [5.41, 5.74) is 3.02. The molecule has 20 heavy (non-hydrogen) atoms. The molecule has 0 saturated carbocycles. The number of rotatable bonds is 6. The highest BCUT2D eigenvalue weighted by Crippen LogP contribution is 2.16. The van der Waals surface area contributed by atoms with E-state index in [1.165, 1.54) is 11.1 Å². The van der Waals surface area contributed by atoms with Crippen LogP contribution in [0.5, 0.6) is 0 Å². The highest BCUT2D eigenvalue weighted by molar-refractivity contribution is 5.85. The van der Waals surface area contributed by atoms with Gasteiger partial charge in [0.25, 0.3) is 0 Å². The first-order chi connectivity index (χ1) is 9.61. The molecule has 4 nitrogen and oxygen atoms in total. The Morgan fingerprint density at radius 2 is 2.00 bits per heavy atom. The van der Waals surface area contributed by atoms with Gasteiger partial charge in [-0.2, -0.15) is 0 Å². The van der Waals surface area contributed by atoms with Crippen molar-refractivity contribution in [3.05, 3.63) is 52.7 Å². The van der Waals surface area contributed by atoms with E-state index in [-0.39, 0.29) is 5.76 Å². The molecule has 0 saturated heterocycles. The number of hydrogen-bond acceptors (Lipinski definition) is 3. The zero-order valence-electron chi connectivity index (χ0n) is 11.8. The highest BCUT2D eigenvalue weighted by Gasteiger charge is 2.18. The number of hydrogen-bond donors (Lipinski definition) is 1. The summed E-state index contributed by atoms with van der Waals surface area (Å²) >= 11 is 0. The molecular formula is C16H19NO3. The molecule has 0 aliphatic carbocycles. The first kappa shape index (κ1) is 14.3. The second kappa shape index (κ2) is 6.37. The molecule has 4 heteroatoms. The minimum Gasteiger partial charge on any atom is -0.475 e. The van der Waals surface area contributed by atoms with Gasteiger partial charge in [0.1, 0.15) is 0 Å².